The normalized spacial score (nSPS) is 10.7. The summed E-state index contributed by atoms with van der Waals surface area (Å²) in [5.41, 5.74) is 0.972. The molecule has 5 heteroatoms. The Morgan fingerprint density at radius 1 is 1.05 bits per heavy atom. The fourth-order valence-electron chi connectivity index (χ4n) is 2.24. The summed E-state index contributed by atoms with van der Waals surface area (Å²) in [7, 11) is 0. The number of aromatic hydroxyl groups is 1. The minimum absolute atomic E-state index is 0.0671. The lowest BCUT2D eigenvalue weighted by molar-refractivity contribution is 0.0697. The Morgan fingerprint density at radius 2 is 1.77 bits per heavy atom. The summed E-state index contributed by atoms with van der Waals surface area (Å²) in [5.74, 6) is -0.478. The fraction of sp³-hybridized carbons (Fsp3) is 0.0588. The van der Waals surface area contributed by atoms with Gasteiger partial charge >= 0.3 is 5.97 Å². The van der Waals surface area contributed by atoms with Crippen molar-refractivity contribution in [1.29, 1.82) is 0 Å². The number of hydrogen-bond acceptors (Lipinski definition) is 4. The average molecular weight is 296 g/mol. The lowest BCUT2D eigenvalue weighted by Gasteiger charge is -2.04. The molecular weight excluding hydrogens is 284 g/mol. The predicted octanol–water partition coefficient (Wildman–Crippen LogP) is 2.79. The number of carboxylic acid groups (broad SMARTS) is 1. The molecule has 0 aliphatic carbocycles. The van der Waals surface area contributed by atoms with Gasteiger partial charge in [-0.05, 0) is 35.9 Å². The van der Waals surface area contributed by atoms with Crippen LogP contribution in [0.3, 0.4) is 0 Å². The van der Waals surface area contributed by atoms with Crippen molar-refractivity contribution in [3.05, 3.63) is 75.6 Å². The monoisotopic (exact) mass is 296 g/mol. The van der Waals surface area contributed by atoms with E-state index < -0.39 is 5.97 Å². The summed E-state index contributed by atoms with van der Waals surface area (Å²) in [5, 5.41) is 18.6. The minimum atomic E-state index is -1.08. The first-order valence-electron chi connectivity index (χ1n) is 6.61. The molecule has 22 heavy (non-hydrogen) atoms. The van der Waals surface area contributed by atoms with Gasteiger partial charge in [0.15, 0.2) is 5.43 Å². The van der Waals surface area contributed by atoms with Crippen LogP contribution in [0.2, 0.25) is 0 Å². The molecule has 0 saturated carbocycles. The Labute approximate surface area is 125 Å². The van der Waals surface area contributed by atoms with Gasteiger partial charge in [-0.25, -0.2) is 4.79 Å². The van der Waals surface area contributed by atoms with E-state index in [1.54, 1.807) is 24.3 Å². The van der Waals surface area contributed by atoms with Gasteiger partial charge in [0.05, 0.1) is 10.9 Å². The standard InChI is InChI=1S/C17H12O5/c18-12-4-1-10(2-5-12)7-13-9-15(19)14-6-3-11(17(20)21)8-16(14)22-13/h1-6,8-9,18H,7H2,(H,20,21). The molecular formula is C17H12O5. The van der Waals surface area contributed by atoms with Crippen LogP contribution in [0.15, 0.2) is 57.7 Å². The minimum Gasteiger partial charge on any atom is -0.508 e. The van der Waals surface area contributed by atoms with Crippen molar-refractivity contribution in [2.24, 2.45) is 0 Å². The number of hydrogen-bond donors (Lipinski definition) is 2. The summed E-state index contributed by atoms with van der Waals surface area (Å²) in [6.45, 7) is 0. The predicted molar refractivity (Wildman–Crippen MR) is 80.4 cm³/mol. The Morgan fingerprint density at radius 3 is 2.45 bits per heavy atom. The van der Waals surface area contributed by atoms with Crippen LogP contribution in [-0.2, 0) is 6.42 Å². The van der Waals surface area contributed by atoms with Gasteiger partial charge < -0.3 is 14.6 Å². The number of fused-ring (bicyclic) bond motifs is 1. The van der Waals surface area contributed by atoms with Gasteiger partial charge in [0.2, 0.25) is 0 Å². The maximum atomic E-state index is 12.1. The van der Waals surface area contributed by atoms with Crippen LogP contribution < -0.4 is 5.43 Å². The maximum absolute atomic E-state index is 12.1. The van der Waals surface area contributed by atoms with Crippen molar-refractivity contribution in [1.82, 2.24) is 0 Å². The van der Waals surface area contributed by atoms with Gasteiger partial charge in [0.1, 0.15) is 17.1 Å². The van der Waals surface area contributed by atoms with Crippen molar-refractivity contribution in [2.45, 2.75) is 6.42 Å². The van der Waals surface area contributed by atoms with Gasteiger partial charge in [-0.3, -0.25) is 4.79 Å². The summed E-state index contributed by atoms with van der Waals surface area (Å²) < 4.78 is 5.64. The second-order valence-corrected chi connectivity index (χ2v) is 4.94. The molecule has 2 aromatic carbocycles. The zero-order chi connectivity index (χ0) is 15.7. The van der Waals surface area contributed by atoms with Crippen molar-refractivity contribution < 1.29 is 19.4 Å². The summed E-state index contributed by atoms with van der Waals surface area (Å²) in [4.78, 5) is 23.1. The highest BCUT2D eigenvalue weighted by molar-refractivity contribution is 5.92. The van der Waals surface area contributed by atoms with E-state index in [1.165, 1.54) is 24.3 Å². The first-order chi connectivity index (χ1) is 10.5. The van der Waals surface area contributed by atoms with Gasteiger partial charge in [-0.15, -0.1) is 0 Å². The molecule has 3 aromatic rings. The molecule has 1 aromatic heterocycles. The molecule has 0 fully saturated rings. The van der Waals surface area contributed by atoms with Crippen LogP contribution in [0.5, 0.6) is 5.75 Å². The molecule has 0 bridgehead atoms. The zero-order valence-corrected chi connectivity index (χ0v) is 11.4. The lowest BCUT2D eigenvalue weighted by Crippen LogP contribution is -2.04. The second-order valence-electron chi connectivity index (χ2n) is 4.94. The molecule has 5 nitrogen and oxygen atoms in total. The van der Waals surface area contributed by atoms with Crippen LogP contribution in [0.4, 0.5) is 0 Å². The molecule has 0 saturated heterocycles. The van der Waals surface area contributed by atoms with E-state index in [9.17, 15) is 14.7 Å². The van der Waals surface area contributed by atoms with E-state index in [2.05, 4.69) is 0 Å². The Bertz CT molecular complexity index is 906. The van der Waals surface area contributed by atoms with Gasteiger partial charge in [-0.2, -0.15) is 0 Å². The molecule has 0 atom stereocenters. The molecule has 3 rings (SSSR count). The Kier molecular flexibility index (Phi) is 3.39. The number of phenolic OH excluding ortho intramolecular Hbond substituents is 1. The van der Waals surface area contributed by atoms with E-state index in [1.807, 2.05) is 0 Å². The summed E-state index contributed by atoms with van der Waals surface area (Å²) >= 11 is 0. The second kappa shape index (κ2) is 5.37. The van der Waals surface area contributed by atoms with Crippen molar-refractivity contribution in [3.8, 4) is 5.75 Å². The van der Waals surface area contributed by atoms with Crippen molar-refractivity contribution in [2.75, 3.05) is 0 Å². The number of phenols is 1. The lowest BCUT2D eigenvalue weighted by atomic mass is 10.1. The highest BCUT2D eigenvalue weighted by Gasteiger charge is 2.09. The quantitative estimate of drug-likeness (QED) is 0.776. The number of carboxylic acids is 1. The van der Waals surface area contributed by atoms with Crippen LogP contribution >= 0.6 is 0 Å². The summed E-state index contributed by atoms with van der Waals surface area (Å²) in [6, 6.07) is 12.1. The molecule has 0 spiro atoms. The molecule has 110 valence electrons. The van der Waals surface area contributed by atoms with Gasteiger partial charge in [-0.1, -0.05) is 12.1 Å². The molecule has 1 heterocycles. The number of rotatable bonds is 3. The van der Waals surface area contributed by atoms with E-state index in [0.29, 0.717) is 17.6 Å². The molecule has 0 aliphatic rings. The molecule has 2 N–H and O–H groups in total. The topological polar surface area (TPSA) is 87.7 Å². The van der Waals surface area contributed by atoms with Crippen LogP contribution in [-0.4, -0.2) is 16.2 Å². The summed E-state index contributed by atoms with van der Waals surface area (Å²) in [6.07, 6.45) is 0.378. The van der Waals surface area contributed by atoms with Crippen LogP contribution in [0.1, 0.15) is 21.7 Å². The molecule has 0 radical (unpaired) electrons. The molecule has 0 amide bonds. The molecule has 0 unspecified atom stereocenters. The first-order valence-corrected chi connectivity index (χ1v) is 6.61. The Balaban J connectivity index is 2.05. The van der Waals surface area contributed by atoms with Crippen molar-refractivity contribution in [3.63, 3.8) is 0 Å². The first kappa shape index (κ1) is 13.9. The highest BCUT2D eigenvalue weighted by atomic mass is 16.4. The molecule has 0 aliphatic heterocycles. The average Bonchev–Trinajstić information content (AvgIpc) is 2.49. The number of carbonyl (C=O) groups is 1. The van der Waals surface area contributed by atoms with E-state index in [4.69, 9.17) is 9.52 Å². The number of aromatic carboxylic acids is 1. The Hall–Kier alpha value is -3.08. The van der Waals surface area contributed by atoms with Gasteiger partial charge in [0.25, 0.3) is 0 Å². The smallest absolute Gasteiger partial charge is 0.335 e. The van der Waals surface area contributed by atoms with Crippen LogP contribution in [0, 0.1) is 0 Å². The van der Waals surface area contributed by atoms with E-state index in [-0.39, 0.29) is 22.3 Å². The zero-order valence-electron chi connectivity index (χ0n) is 11.4. The largest absolute Gasteiger partial charge is 0.508 e. The third-order valence-electron chi connectivity index (χ3n) is 3.34. The third-order valence-corrected chi connectivity index (χ3v) is 3.34. The maximum Gasteiger partial charge on any atom is 0.335 e. The van der Waals surface area contributed by atoms with E-state index >= 15 is 0 Å². The number of benzene rings is 2. The SMILES string of the molecule is O=C(O)c1ccc2c(=O)cc(Cc3ccc(O)cc3)oc2c1. The van der Waals surface area contributed by atoms with Crippen LogP contribution in [0.25, 0.3) is 11.0 Å². The van der Waals surface area contributed by atoms with Crippen molar-refractivity contribution >= 4 is 16.9 Å². The highest BCUT2D eigenvalue weighted by Crippen LogP contribution is 2.18. The van der Waals surface area contributed by atoms with E-state index in [0.717, 1.165) is 5.56 Å². The van der Waals surface area contributed by atoms with Gasteiger partial charge in [0, 0.05) is 12.5 Å². The fourth-order valence-corrected chi connectivity index (χ4v) is 2.24. The third kappa shape index (κ3) is 2.69.